The van der Waals surface area contributed by atoms with Gasteiger partial charge in [0.1, 0.15) is 35.6 Å². The van der Waals surface area contributed by atoms with Crippen LogP contribution in [0.15, 0.2) is 51.7 Å². The fourth-order valence-electron chi connectivity index (χ4n) is 3.90. The van der Waals surface area contributed by atoms with Gasteiger partial charge in [-0.2, -0.15) is 0 Å². The van der Waals surface area contributed by atoms with Crippen LogP contribution in [-0.4, -0.2) is 67.4 Å². The second-order valence-corrected chi connectivity index (χ2v) is 8.10. The Morgan fingerprint density at radius 2 is 1.84 bits per heavy atom. The average molecular weight is 426 g/mol. The van der Waals surface area contributed by atoms with Crippen molar-refractivity contribution in [1.29, 1.82) is 0 Å². The predicted molar refractivity (Wildman–Crippen MR) is 118 cm³/mol. The molecular formula is C24H27FN2O4. The molecule has 0 amide bonds. The molecule has 1 aromatic heterocycles. The highest BCUT2D eigenvalue weighted by Crippen LogP contribution is 2.26. The Balaban J connectivity index is 1.47. The van der Waals surface area contributed by atoms with Crippen LogP contribution in [-0.2, 0) is 0 Å². The molecule has 1 unspecified atom stereocenters. The lowest BCUT2D eigenvalue weighted by molar-refractivity contribution is 0.0505. The molecule has 1 N–H and O–H groups in total. The lowest BCUT2D eigenvalue weighted by Crippen LogP contribution is -2.47. The SMILES string of the molecule is Cc1oc2cc(OCC(O)CN3CCN(C)CC3)ccc2c(=O)c1-c1ccc(F)cc1. The second-order valence-electron chi connectivity index (χ2n) is 8.10. The van der Waals surface area contributed by atoms with E-state index >= 15 is 0 Å². The van der Waals surface area contributed by atoms with Gasteiger partial charge in [0, 0.05) is 38.8 Å². The zero-order chi connectivity index (χ0) is 22.0. The molecule has 31 heavy (non-hydrogen) atoms. The number of aryl methyl sites for hydroxylation is 1. The van der Waals surface area contributed by atoms with Crippen LogP contribution < -0.4 is 10.2 Å². The molecule has 1 saturated heterocycles. The second kappa shape index (κ2) is 9.18. The molecule has 1 atom stereocenters. The first-order chi connectivity index (χ1) is 14.9. The number of ether oxygens (including phenoxy) is 1. The maximum absolute atomic E-state index is 13.2. The highest BCUT2D eigenvalue weighted by Gasteiger charge is 2.18. The highest BCUT2D eigenvalue weighted by atomic mass is 19.1. The molecule has 0 bridgehead atoms. The standard InChI is InChI=1S/C24H27FN2O4/c1-16-23(17-3-5-18(25)6-4-17)24(29)21-8-7-20(13-22(21)31-16)30-15-19(28)14-27-11-9-26(2)10-12-27/h3-8,13,19,28H,9-12,14-15H2,1-2H3. The van der Waals surface area contributed by atoms with E-state index in [1.165, 1.54) is 12.1 Å². The van der Waals surface area contributed by atoms with E-state index in [1.54, 1.807) is 37.3 Å². The Morgan fingerprint density at radius 3 is 2.55 bits per heavy atom. The van der Waals surface area contributed by atoms with Crippen molar-refractivity contribution in [2.75, 3.05) is 46.4 Å². The summed E-state index contributed by atoms with van der Waals surface area (Å²) in [5.74, 6) is 0.626. The van der Waals surface area contributed by atoms with Crippen molar-refractivity contribution >= 4 is 11.0 Å². The van der Waals surface area contributed by atoms with Gasteiger partial charge in [-0.1, -0.05) is 12.1 Å². The molecule has 0 aliphatic carbocycles. The Morgan fingerprint density at radius 1 is 1.13 bits per heavy atom. The van der Waals surface area contributed by atoms with Gasteiger partial charge in [-0.05, 0) is 43.8 Å². The first-order valence-electron chi connectivity index (χ1n) is 10.5. The summed E-state index contributed by atoms with van der Waals surface area (Å²) in [5, 5.41) is 10.8. The smallest absolute Gasteiger partial charge is 0.200 e. The van der Waals surface area contributed by atoms with Crippen LogP contribution in [0.2, 0.25) is 0 Å². The zero-order valence-electron chi connectivity index (χ0n) is 17.8. The summed E-state index contributed by atoms with van der Waals surface area (Å²) >= 11 is 0. The summed E-state index contributed by atoms with van der Waals surface area (Å²) in [6, 6.07) is 10.8. The van der Waals surface area contributed by atoms with Gasteiger partial charge in [0.05, 0.1) is 10.9 Å². The van der Waals surface area contributed by atoms with Gasteiger partial charge in [0.2, 0.25) is 5.43 Å². The van der Waals surface area contributed by atoms with Crippen molar-refractivity contribution in [3.8, 4) is 16.9 Å². The molecule has 1 fully saturated rings. The maximum atomic E-state index is 13.2. The summed E-state index contributed by atoms with van der Waals surface area (Å²) in [4.78, 5) is 17.5. The average Bonchev–Trinajstić information content (AvgIpc) is 2.75. The summed E-state index contributed by atoms with van der Waals surface area (Å²) in [6.45, 7) is 6.31. The Kier molecular flexibility index (Phi) is 6.36. The van der Waals surface area contributed by atoms with Crippen LogP contribution in [0.3, 0.4) is 0 Å². The van der Waals surface area contributed by atoms with Crippen molar-refractivity contribution in [2.24, 2.45) is 0 Å². The van der Waals surface area contributed by atoms with Crippen molar-refractivity contribution in [2.45, 2.75) is 13.0 Å². The van der Waals surface area contributed by atoms with Gasteiger partial charge < -0.3 is 19.2 Å². The van der Waals surface area contributed by atoms with E-state index in [9.17, 15) is 14.3 Å². The number of nitrogens with zero attached hydrogens (tertiary/aromatic N) is 2. The normalized spacial score (nSPS) is 16.5. The van der Waals surface area contributed by atoms with E-state index in [2.05, 4.69) is 16.8 Å². The molecule has 2 aromatic carbocycles. The van der Waals surface area contributed by atoms with Crippen molar-refractivity contribution < 1.29 is 18.7 Å². The number of halogens is 1. The fourth-order valence-corrected chi connectivity index (χ4v) is 3.90. The van der Waals surface area contributed by atoms with Crippen molar-refractivity contribution in [1.82, 2.24) is 9.80 Å². The largest absolute Gasteiger partial charge is 0.491 e. The summed E-state index contributed by atoms with van der Waals surface area (Å²) in [6.07, 6.45) is -0.603. The number of aliphatic hydroxyl groups excluding tert-OH is 1. The first kappa shape index (κ1) is 21.5. The van der Waals surface area contributed by atoms with E-state index in [4.69, 9.17) is 9.15 Å². The van der Waals surface area contributed by atoms with E-state index in [0.717, 1.165) is 26.2 Å². The van der Waals surface area contributed by atoms with Gasteiger partial charge in [-0.3, -0.25) is 9.69 Å². The number of hydrogen-bond donors (Lipinski definition) is 1. The molecular weight excluding hydrogens is 399 g/mol. The van der Waals surface area contributed by atoms with Crippen molar-refractivity contribution in [3.63, 3.8) is 0 Å². The minimum absolute atomic E-state index is 0.161. The Labute approximate surface area is 180 Å². The molecule has 2 heterocycles. The quantitative estimate of drug-likeness (QED) is 0.654. The number of piperazine rings is 1. The minimum atomic E-state index is -0.603. The summed E-state index contributed by atoms with van der Waals surface area (Å²) < 4.78 is 24.9. The number of aliphatic hydroxyl groups is 1. The van der Waals surface area contributed by atoms with Gasteiger partial charge in [0.25, 0.3) is 0 Å². The van der Waals surface area contributed by atoms with Gasteiger partial charge in [0.15, 0.2) is 0 Å². The summed E-state index contributed by atoms with van der Waals surface area (Å²) in [7, 11) is 2.10. The van der Waals surface area contributed by atoms with Gasteiger partial charge in [-0.15, -0.1) is 0 Å². The number of rotatable bonds is 6. The monoisotopic (exact) mass is 426 g/mol. The molecule has 3 aromatic rings. The number of likely N-dealkylation sites (N-methyl/N-ethyl adjacent to an activating group) is 1. The number of β-amino-alcohol motifs (C(OH)–C–C–N with tert-alkyl or cyclic N) is 1. The van der Waals surface area contributed by atoms with Crippen LogP contribution in [0.4, 0.5) is 4.39 Å². The molecule has 0 radical (unpaired) electrons. The Hall–Kier alpha value is -2.74. The third kappa shape index (κ3) is 4.95. The number of fused-ring (bicyclic) bond motifs is 1. The van der Waals surface area contributed by atoms with Crippen molar-refractivity contribution in [3.05, 3.63) is 64.3 Å². The van der Waals surface area contributed by atoms with Crippen LogP contribution >= 0.6 is 0 Å². The van der Waals surface area contributed by atoms with Crippen LogP contribution in [0.1, 0.15) is 5.76 Å². The molecule has 1 aliphatic heterocycles. The highest BCUT2D eigenvalue weighted by molar-refractivity contribution is 5.83. The number of hydrogen-bond acceptors (Lipinski definition) is 6. The zero-order valence-corrected chi connectivity index (χ0v) is 17.8. The van der Waals surface area contributed by atoms with Gasteiger partial charge >= 0.3 is 0 Å². The maximum Gasteiger partial charge on any atom is 0.200 e. The van der Waals surface area contributed by atoms with Crippen LogP contribution in [0.25, 0.3) is 22.1 Å². The molecule has 4 rings (SSSR count). The van der Waals surface area contributed by atoms with Crippen LogP contribution in [0.5, 0.6) is 5.75 Å². The third-order valence-electron chi connectivity index (χ3n) is 5.68. The lowest BCUT2D eigenvalue weighted by Gasteiger charge is -2.33. The molecule has 164 valence electrons. The van der Waals surface area contributed by atoms with Gasteiger partial charge in [-0.25, -0.2) is 4.39 Å². The topological polar surface area (TPSA) is 66.2 Å². The first-order valence-corrected chi connectivity index (χ1v) is 10.5. The third-order valence-corrected chi connectivity index (χ3v) is 5.68. The molecule has 1 aliphatic rings. The fraction of sp³-hybridized carbons (Fsp3) is 0.375. The molecule has 6 nitrogen and oxygen atoms in total. The number of benzene rings is 2. The van der Waals surface area contributed by atoms with E-state index in [1.807, 2.05) is 0 Å². The molecule has 0 spiro atoms. The molecule has 7 heteroatoms. The van der Waals surface area contributed by atoms with E-state index in [0.29, 0.717) is 40.2 Å². The van der Waals surface area contributed by atoms with E-state index in [-0.39, 0.29) is 17.9 Å². The predicted octanol–water partition coefficient (Wildman–Crippen LogP) is 2.89. The Bertz CT molecular complexity index is 1110. The summed E-state index contributed by atoms with van der Waals surface area (Å²) in [5.41, 5.74) is 1.28. The molecule has 0 saturated carbocycles. The lowest BCUT2D eigenvalue weighted by atomic mass is 10.0. The minimum Gasteiger partial charge on any atom is -0.491 e. The van der Waals surface area contributed by atoms with E-state index < -0.39 is 6.10 Å². The van der Waals surface area contributed by atoms with Crippen LogP contribution in [0, 0.1) is 12.7 Å².